The lowest BCUT2D eigenvalue weighted by Crippen LogP contribution is -2.37. The molecule has 1 atom stereocenters. The van der Waals surface area contributed by atoms with Gasteiger partial charge in [0.05, 0.1) is 0 Å². The Labute approximate surface area is 286 Å². The van der Waals surface area contributed by atoms with Crippen LogP contribution in [0.15, 0.2) is 0 Å². The van der Waals surface area contributed by atoms with Gasteiger partial charge in [0.2, 0.25) is 0 Å². The van der Waals surface area contributed by atoms with Gasteiger partial charge in [0.25, 0.3) is 0 Å². The van der Waals surface area contributed by atoms with E-state index in [-0.39, 0.29) is 11.6 Å². The summed E-state index contributed by atoms with van der Waals surface area (Å²) in [6.07, 6.45) is 37.3. The van der Waals surface area contributed by atoms with Crippen molar-refractivity contribution in [2.75, 3.05) is 0 Å². The first-order chi connectivity index (χ1) is 22.3. The molecule has 1 aromatic rings. The molecule has 0 bridgehead atoms. The van der Waals surface area contributed by atoms with Crippen LogP contribution in [0.3, 0.4) is 0 Å². The topological polar surface area (TPSA) is 35.5 Å². The number of ether oxygens (including phenoxy) is 2. The fourth-order valence-corrected chi connectivity index (χ4v) is 7.40. The first-order valence-corrected chi connectivity index (χ1v) is 20.3. The monoisotopic (exact) mass is 641 g/mol. The number of carbonyl (C=O) groups excluding carboxylic acids is 1. The van der Waals surface area contributed by atoms with Crippen LogP contribution in [-0.4, -0.2) is 11.6 Å². The maximum absolute atomic E-state index is 12.8. The van der Waals surface area contributed by atoms with Crippen molar-refractivity contribution in [1.29, 1.82) is 0 Å². The number of carbonyl (C=O) groups is 1. The Kier molecular flexibility index (Phi) is 21.8. The lowest BCUT2D eigenvalue weighted by atomic mass is 9.84. The number of benzene rings is 1. The molecule has 0 saturated carbocycles. The van der Waals surface area contributed by atoms with Crippen LogP contribution in [0, 0.1) is 20.8 Å². The number of rotatable bonds is 28. The van der Waals surface area contributed by atoms with E-state index in [1.54, 1.807) is 0 Å². The molecule has 1 aromatic carbocycles. The summed E-state index contributed by atoms with van der Waals surface area (Å²) in [5, 5.41) is 0. The van der Waals surface area contributed by atoms with Crippen LogP contribution in [0.25, 0.3) is 0 Å². The van der Waals surface area contributed by atoms with Crippen molar-refractivity contribution in [2.24, 2.45) is 0 Å². The van der Waals surface area contributed by atoms with Crippen molar-refractivity contribution in [1.82, 2.24) is 0 Å². The molecule has 0 spiro atoms. The summed E-state index contributed by atoms with van der Waals surface area (Å²) >= 11 is 0. The highest BCUT2D eigenvalue weighted by molar-refractivity contribution is 5.74. The van der Waals surface area contributed by atoms with Gasteiger partial charge in [0.15, 0.2) is 0 Å². The average molecular weight is 641 g/mol. The zero-order valence-corrected chi connectivity index (χ0v) is 31.7. The van der Waals surface area contributed by atoms with Crippen molar-refractivity contribution in [3.05, 3.63) is 22.3 Å². The molecule has 0 aliphatic carbocycles. The fraction of sp³-hybridized carbons (Fsp3) is 0.837. The van der Waals surface area contributed by atoms with E-state index in [2.05, 4.69) is 41.5 Å². The lowest BCUT2D eigenvalue weighted by Gasteiger charge is -2.38. The Hall–Kier alpha value is -1.51. The largest absolute Gasteiger partial charge is 0.487 e. The third-order valence-corrected chi connectivity index (χ3v) is 10.8. The highest BCUT2D eigenvalue weighted by Gasteiger charge is 2.34. The van der Waals surface area contributed by atoms with E-state index in [9.17, 15) is 4.79 Å². The van der Waals surface area contributed by atoms with Gasteiger partial charge in [-0.05, 0) is 76.5 Å². The summed E-state index contributed by atoms with van der Waals surface area (Å²) in [7, 11) is 0. The Morgan fingerprint density at radius 3 is 1.46 bits per heavy atom. The molecule has 3 nitrogen and oxygen atoms in total. The molecular weight excluding hydrogens is 564 g/mol. The van der Waals surface area contributed by atoms with Gasteiger partial charge in [-0.1, -0.05) is 162 Å². The lowest BCUT2D eigenvalue weighted by molar-refractivity contribution is -0.134. The molecule has 1 aliphatic heterocycles. The fourth-order valence-electron chi connectivity index (χ4n) is 7.40. The van der Waals surface area contributed by atoms with Crippen LogP contribution in [0.1, 0.15) is 223 Å². The molecule has 0 amide bonds. The van der Waals surface area contributed by atoms with Crippen molar-refractivity contribution in [3.63, 3.8) is 0 Å². The van der Waals surface area contributed by atoms with Gasteiger partial charge in [-0.2, -0.15) is 0 Å². The smallest absolute Gasteiger partial charge is 0.311 e. The van der Waals surface area contributed by atoms with E-state index in [1.165, 1.54) is 153 Å². The second-order valence-corrected chi connectivity index (χ2v) is 15.2. The minimum Gasteiger partial charge on any atom is -0.487 e. The van der Waals surface area contributed by atoms with Crippen molar-refractivity contribution >= 4 is 5.97 Å². The van der Waals surface area contributed by atoms with Gasteiger partial charge in [-0.15, -0.1) is 0 Å². The molecule has 2 rings (SSSR count). The van der Waals surface area contributed by atoms with E-state index in [0.29, 0.717) is 6.42 Å². The molecule has 1 unspecified atom stereocenters. The molecule has 1 aliphatic rings. The van der Waals surface area contributed by atoms with Crippen LogP contribution in [-0.2, 0) is 11.2 Å². The molecule has 1 heterocycles. The molecule has 0 N–H and O–H groups in total. The molecule has 3 heteroatoms. The van der Waals surface area contributed by atoms with Crippen LogP contribution >= 0.6 is 0 Å². The van der Waals surface area contributed by atoms with E-state index in [4.69, 9.17) is 9.47 Å². The summed E-state index contributed by atoms with van der Waals surface area (Å²) < 4.78 is 12.8. The third kappa shape index (κ3) is 16.1. The molecule has 0 radical (unpaired) electrons. The van der Waals surface area contributed by atoms with Gasteiger partial charge in [0.1, 0.15) is 17.1 Å². The Morgan fingerprint density at radius 2 is 1.00 bits per heavy atom. The normalized spacial score (nSPS) is 16.0. The van der Waals surface area contributed by atoms with Crippen molar-refractivity contribution in [2.45, 2.75) is 233 Å². The molecule has 0 saturated heterocycles. The maximum atomic E-state index is 12.8. The zero-order chi connectivity index (χ0) is 33.5. The van der Waals surface area contributed by atoms with Gasteiger partial charge in [0, 0.05) is 12.0 Å². The van der Waals surface area contributed by atoms with Gasteiger partial charge in [-0.25, -0.2) is 0 Å². The van der Waals surface area contributed by atoms with E-state index >= 15 is 0 Å². The van der Waals surface area contributed by atoms with Gasteiger partial charge >= 0.3 is 5.97 Å². The zero-order valence-electron chi connectivity index (χ0n) is 31.7. The second kappa shape index (κ2) is 24.6. The number of esters is 1. The SMILES string of the molecule is CCCCCCCCCCCCCCCCC1(C)CCc2c(C)c(OC(=O)CCCCCCCCCCCCC)c(C)c(C)c2O1. The van der Waals surface area contributed by atoms with Gasteiger partial charge < -0.3 is 9.47 Å². The van der Waals surface area contributed by atoms with Gasteiger partial charge in [-0.3, -0.25) is 4.79 Å². The molecule has 46 heavy (non-hydrogen) atoms. The molecule has 0 fully saturated rings. The summed E-state index contributed by atoms with van der Waals surface area (Å²) in [5.41, 5.74) is 4.46. The Morgan fingerprint density at radius 1 is 0.587 bits per heavy atom. The second-order valence-electron chi connectivity index (χ2n) is 15.2. The first-order valence-electron chi connectivity index (χ1n) is 20.3. The average Bonchev–Trinajstić information content (AvgIpc) is 3.04. The number of hydrogen-bond acceptors (Lipinski definition) is 3. The molecule has 0 aromatic heterocycles. The summed E-state index contributed by atoms with van der Waals surface area (Å²) in [6.45, 7) is 13.2. The summed E-state index contributed by atoms with van der Waals surface area (Å²) in [4.78, 5) is 12.8. The number of fused-ring (bicyclic) bond motifs is 1. The van der Waals surface area contributed by atoms with Crippen LogP contribution < -0.4 is 9.47 Å². The minimum absolute atomic E-state index is 0.0826. The van der Waals surface area contributed by atoms with Crippen LogP contribution in [0.2, 0.25) is 0 Å². The molecule has 266 valence electrons. The Balaban J connectivity index is 1.65. The summed E-state index contributed by atoms with van der Waals surface area (Å²) in [5.74, 6) is 1.75. The minimum atomic E-state index is -0.0962. The third-order valence-electron chi connectivity index (χ3n) is 10.8. The highest BCUT2D eigenvalue weighted by atomic mass is 16.5. The number of hydrogen-bond donors (Lipinski definition) is 0. The van der Waals surface area contributed by atoms with Crippen molar-refractivity contribution < 1.29 is 14.3 Å². The molecular formula is C43H76O3. The standard InChI is InChI=1S/C43H76O3/c1-7-9-11-13-15-17-19-20-21-23-25-27-29-31-34-43(6)35-33-39-38(5)41(36(3)37(4)42(39)46-43)45-40(44)32-30-28-26-24-22-18-16-14-12-10-8-2/h7-35H2,1-6H3. The van der Waals surface area contributed by atoms with E-state index in [0.717, 1.165) is 60.3 Å². The van der Waals surface area contributed by atoms with E-state index < -0.39 is 0 Å². The van der Waals surface area contributed by atoms with Crippen LogP contribution in [0.5, 0.6) is 11.5 Å². The van der Waals surface area contributed by atoms with Crippen LogP contribution in [0.4, 0.5) is 0 Å². The number of unbranched alkanes of at least 4 members (excludes halogenated alkanes) is 23. The predicted molar refractivity (Wildman–Crippen MR) is 200 cm³/mol. The quantitative estimate of drug-likeness (QED) is 0.0519. The Bertz CT molecular complexity index is 950. The first kappa shape index (κ1) is 40.7. The van der Waals surface area contributed by atoms with Crippen molar-refractivity contribution in [3.8, 4) is 11.5 Å². The highest BCUT2D eigenvalue weighted by Crippen LogP contribution is 2.45. The summed E-state index contributed by atoms with van der Waals surface area (Å²) in [6, 6.07) is 0. The van der Waals surface area contributed by atoms with E-state index in [1.807, 2.05) is 0 Å². The maximum Gasteiger partial charge on any atom is 0.311 e. The predicted octanol–water partition coefficient (Wildman–Crippen LogP) is 14.2.